The van der Waals surface area contributed by atoms with Gasteiger partial charge in [-0.15, -0.1) is 0 Å². The van der Waals surface area contributed by atoms with Crippen LogP contribution in [0.5, 0.6) is 11.5 Å². The molecule has 5 nitrogen and oxygen atoms in total. The highest BCUT2D eigenvalue weighted by Gasteiger charge is 2.27. The van der Waals surface area contributed by atoms with Gasteiger partial charge in [-0.3, -0.25) is 0 Å². The predicted molar refractivity (Wildman–Crippen MR) is 78.9 cm³/mol. The molecule has 1 aromatic carbocycles. The summed E-state index contributed by atoms with van der Waals surface area (Å²) in [6.07, 6.45) is 1.39. The van der Waals surface area contributed by atoms with E-state index in [1.807, 2.05) is 18.2 Å². The summed E-state index contributed by atoms with van der Waals surface area (Å²) >= 11 is 0. The van der Waals surface area contributed by atoms with E-state index in [-0.39, 0.29) is 5.54 Å². The molecule has 21 heavy (non-hydrogen) atoms. The van der Waals surface area contributed by atoms with Gasteiger partial charge in [0.1, 0.15) is 13.2 Å². The van der Waals surface area contributed by atoms with Crippen LogP contribution in [0.15, 0.2) is 18.2 Å². The Labute approximate surface area is 125 Å². The summed E-state index contributed by atoms with van der Waals surface area (Å²) in [5, 5.41) is 13.9. The van der Waals surface area contributed by atoms with Crippen molar-refractivity contribution in [2.24, 2.45) is 0 Å². The fraction of sp³-hybridized carbons (Fsp3) is 0.625. The molecule has 0 aromatic heterocycles. The van der Waals surface area contributed by atoms with Crippen LogP contribution in [-0.4, -0.2) is 43.6 Å². The number of rotatable bonds is 4. The van der Waals surface area contributed by atoms with Gasteiger partial charge in [0.25, 0.3) is 0 Å². The Balaban J connectivity index is 1.61. The molecule has 0 saturated carbocycles. The molecule has 3 rings (SSSR count). The Bertz CT molecular complexity index is 485. The summed E-state index contributed by atoms with van der Waals surface area (Å²) in [5.41, 5.74) is 0.898. The molecule has 0 spiro atoms. The van der Waals surface area contributed by atoms with Crippen LogP contribution in [0.1, 0.15) is 31.4 Å². The first-order valence-electron chi connectivity index (χ1n) is 7.57. The second-order valence-electron chi connectivity index (χ2n) is 5.97. The lowest BCUT2D eigenvalue weighted by molar-refractivity contribution is 0.0388. The zero-order chi connectivity index (χ0) is 14.7. The van der Waals surface area contributed by atoms with Crippen LogP contribution < -0.4 is 14.8 Å². The number of β-amino-alcohol motifs (C(OH)–C–C–N with tert-alkyl or cyclic N) is 1. The van der Waals surface area contributed by atoms with Gasteiger partial charge in [0.15, 0.2) is 11.5 Å². The number of ether oxygens (including phenoxy) is 3. The second kappa shape index (κ2) is 6.22. The summed E-state index contributed by atoms with van der Waals surface area (Å²) < 4.78 is 16.4. The molecule has 5 heteroatoms. The highest BCUT2D eigenvalue weighted by atomic mass is 16.6. The molecule has 2 N–H and O–H groups in total. The van der Waals surface area contributed by atoms with E-state index in [1.54, 1.807) is 0 Å². The van der Waals surface area contributed by atoms with E-state index in [4.69, 9.17) is 14.2 Å². The van der Waals surface area contributed by atoms with Gasteiger partial charge < -0.3 is 24.6 Å². The lowest BCUT2D eigenvalue weighted by Crippen LogP contribution is -2.48. The Kier molecular flexibility index (Phi) is 4.33. The first-order valence-corrected chi connectivity index (χ1v) is 7.57. The molecular weight excluding hydrogens is 270 g/mol. The van der Waals surface area contributed by atoms with Crippen LogP contribution in [0.3, 0.4) is 0 Å². The SMILES string of the molecule is CC1(NCC(O)c2ccc3c(c2)OCCO3)CCOCC1. The van der Waals surface area contributed by atoms with Crippen molar-refractivity contribution in [1.82, 2.24) is 5.32 Å². The van der Waals surface area contributed by atoms with Crippen LogP contribution >= 0.6 is 0 Å². The maximum absolute atomic E-state index is 10.4. The van der Waals surface area contributed by atoms with Crippen LogP contribution in [0.4, 0.5) is 0 Å². The summed E-state index contributed by atoms with van der Waals surface area (Å²) in [5.74, 6) is 1.47. The third kappa shape index (κ3) is 3.48. The number of hydrogen-bond donors (Lipinski definition) is 2. The fourth-order valence-corrected chi connectivity index (χ4v) is 2.73. The highest BCUT2D eigenvalue weighted by molar-refractivity contribution is 5.44. The van der Waals surface area contributed by atoms with Crippen molar-refractivity contribution < 1.29 is 19.3 Å². The van der Waals surface area contributed by atoms with Gasteiger partial charge in [-0.1, -0.05) is 6.07 Å². The number of nitrogens with one attached hydrogen (secondary N) is 1. The number of fused-ring (bicyclic) bond motifs is 1. The molecule has 2 heterocycles. The Morgan fingerprint density at radius 3 is 2.62 bits per heavy atom. The maximum Gasteiger partial charge on any atom is 0.161 e. The molecule has 2 aliphatic heterocycles. The van der Waals surface area contributed by atoms with Gasteiger partial charge in [0.05, 0.1) is 6.10 Å². The zero-order valence-corrected chi connectivity index (χ0v) is 12.4. The fourth-order valence-electron chi connectivity index (χ4n) is 2.73. The number of aliphatic hydroxyl groups is 1. The minimum atomic E-state index is -0.555. The molecule has 1 aromatic rings. The molecule has 116 valence electrons. The molecular formula is C16H23NO4. The van der Waals surface area contributed by atoms with Crippen LogP contribution in [0, 0.1) is 0 Å². The molecule has 0 bridgehead atoms. The van der Waals surface area contributed by atoms with Crippen molar-refractivity contribution in [3.05, 3.63) is 23.8 Å². The Morgan fingerprint density at radius 1 is 1.14 bits per heavy atom. The van der Waals surface area contributed by atoms with Crippen molar-refractivity contribution >= 4 is 0 Å². The largest absolute Gasteiger partial charge is 0.486 e. The summed E-state index contributed by atoms with van der Waals surface area (Å²) in [7, 11) is 0. The van der Waals surface area contributed by atoms with E-state index in [2.05, 4.69) is 12.2 Å². The quantitative estimate of drug-likeness (QED) is 0.884. The number of aliphatic hydroxyl groups excluding tert-OH is 1. The molecule has 0 radical (unpaired) electrons. The second-order valence-corrected chi connectivity index (χ2v) is 5.97. The van der Waals surface area contributed by atoms with Crippen molar-refractivity contribution in [2.45, 2.75) is 31.4 Å². The zero-order valence-electron chi connectivity index (χ0n) is 12.4. The average molecular weight is 293 g/mol. The lowest BCUT2D eigenvalue weighted by Gasteiger charge is -2.35. The predicted octanol–water partition coefficient (Wildman–Crippen LogP) is 1.65. The maximum atomic E-state index is 10.4. The van der Waals surface area contributed by atoms with Crippen molar-refractivity contribution in [1.29, 1.82) is 0 Å². The molecule has 2 aliphatic rings. The first-order chi connectivity index (χ1) is 10.2. The summed E-state index contributed by atoms with van der Waals surface area (Å²) in [6, 6.07) is 5.63. The molecule has 1 fully saturated rings. The van der Waals surface area contributed by atoms with Crippen LogP contribution in [-0.2, 0) is 4.74 Å². The van der Waals surface area contributed by atoms with Gasteiger partial charge in [-0.25, -0.2) is 0 Å². The summed E-state index contributed by atoms with van der Waals surface area (Å²) in [4.78, 5) is 0. The van der Waals surface area contributed by atoms with Crippen LogP contribution in [0.25, 0.3) is 0 Å². The van der Waals surface area contributed by atoms with Crippen molar-refractivity contribution in [3.8, 4) is 11.5 Å². The Morgan fingerprint density at radius 2 is 1.86 bits per heavy atom. The monoisotopic (exact) mass is 293 g/mol. The smallest absolute Gasteiger partial charge is 0.161 e. The number of hydrogen-bond acceptors (Lipinski definition) is 5. The minimum Gasteiger partial charge on any atom is -0.486 e. The van der Waals surface area contributed by atoms with Gasteiger partial charge >= 0.3 is 0 Å². The van der Waals surface area contributed by atoms with E-state index >= 15 is 0 Å². The topological polar surface area (TPSA) is 60.0 Å². The highest BCUT2D eigenvalue weighted by Crippen LogP contribution is 2.32. The number of benzene rings is 1. The molecule has 0 aliphatic carbocycles. The average Bonchev–Trinajstić information content (AvgIpc) is 2.53. The van der Waals surface area contributed by atoms with E-state index < -0.39 is 6.10 Å². The van der Waals surface area contributed by atoms with Crippen molar-refractivity contribution in [3.63, 3.8) is 0 Å². The van der Waals surface area contributed by atoms with Gasteiger partial charge in [-0.2, -0.15) is 0 Å². The van der Waals surface area contributed by atoms with E-state index in [0.717, 1.165) is 43.1 Å². The minimum absolute atomic E-state index is 0.0487. The third-order valence-electron chi connectivity index (χ3n) is 4.27. The van der Waals surface area contributed by atoms with E-state index in [1.165, 1.54) is 0 Å². The van der Waals surface area contributed by atoms with Gasteiger partial charge in [0.2, 0.25) is 0 Å². The molecule has 1 saturated heterocycles. The van der Waals surface area contributed by atoms with Gasteiger partial charge in [0, 0.05) is 25.3 Å². The first kappa shape index (κ1) is 14.6. The third-order valence-corrected chi connectivity index (χ3v) is 4.27. The lowest BCUT2D eigenvalue weighted by atomic mass is 9.92. The normalized spacial score (nSPS) is 21.8. The Hall–Kier alpha value is -1.30. The van der Waals surface area contributed by atoms with E-state index in [0.29, 0.717) is 19.8 Å². The molecule has 0 amide bonds. The van der Waals surface area contributed by atoms with E-state index in [9.17, 15) is 5.11 Å². The van der Waals surface area contributed by atoms with Gasteiger partial charge in [-0.05, 0) is 37.5 Å². The summed E-state index contributed by atoms with van der Waals surface area (Å²) in [6.45, 7) is 5.41. The van der Waals surface area contributed by atoms with Crippen LogP contribution in [0.2, 0.25) is 0 Å². The molecule has 1 unspecified atom stereocenters. The molecule has 1 atom stereocenters. The standard InChI is InChI=1S/C16H23NO4/c1-16(4-6-19-7-5-16)17-11-13(18)12-2-3-14-15(10-12)21-9-8-20-14/h2-3,10,13,17-18H,4-9,11H2,1H3. The van der Waals surface area contributed by atoms with Crippen molar-refractivity contribution in [2.75, 3.05) is 33.0 Å².